The molecule has 1 amide bonds. The maximum absolute atomic E-state index is 11.8. The summed E-state index contributed by atoms with van der Waals surface area (Å²) in [7, 11) is 0. The molecular formula is C14H16N2O2. The molecule has 2 heterocycles. The van der Waals surface area contributed by atoms with Crippen LogP contribution in [0.25, 0.3) is 10.9 Å². The highest BCUT2D eigenvalue weighted by Gasteiger charge is 2.27. The first-order chi connectivity index (χ1) is 8.74. The Morgan fingerprint density at radius 1 is 1.33 bits per heavy atom. The molecule has 4 heteroatoms. The molecule has 2 aromatic rings. The summed E-state index contributed by atoms with van der Waals surface area (Å²) in [6, 6.07) is 8.06. The quantitative estimate of drug-likeness (QED) is 0.743. The van der Waals surface area contributed by atoms with Crippen molar-refractivity contribution < 1.29 is 9.90 Å². The number of aliphatic hydroxyl groups excluding tert-OH is 1. The molecule has 0 bridgehead atoms. The molecule has 1 aromatic heterocycles. The minimum atomic E-state index is -0.419. The molecular weight excluding hydrogens is 228 g/mol. The summed E-state index contributed by atoms with van der Waals surface area (Å²) in [6.45, 7) is 0.378. The molecule has 2 atom stereocenters. The molecule has 4 nitrogen and oxygen atoms in total. The number of carbonyl (C=O) groups excluding carboxylic acids is 1. The van der Waals surface area contributed by atoms with Crippen molar-refractivity contribution in [1.29, 1.82) is 0 Å². The zero-order valence-electron chi connectivity index (χ0n) is 10.0. The van der Waals surface area contributed by atoms with Crippen LogP contribution in [-0.4, -0.2) is 28.6 Å². The van der Waals surface area contributed by atoms with Gasteiger partial charge in [-0.3, -0.25) is 4.79 Å². The summed E-state index contributed by atoms with van der Waals surface area (Å²) in [6.07, 6.45) is 2.76. The number of hydrogen-bond donors (Lipinski definition) is 3. The largest absolute Gasteiger partial charge is 0.391 e. The van der Waals surface area contributed by atoms with Crippen LogP contribution in [-0.2, 0) is 11.2 Å². The third-order valence-corrected chi connectivity index (χ3v) is 3.58. The van der Waals surface area contributed by atoms with Gasteiger partial charge >= 0.3 is 0 Å². The Balaban J connectivity index is 1.85. The molecule has 0 radical (unpaired) electrons. The van der Waals surface area contributed by atoms with Crippen LogP contribution in [0.3, 0.4) is 0 Å². The number of para-hydroxylation sites is 1. The van der Waals surface area contributed by atoms with Gasteiger partial charge in [-0.2, -0.15) is 0 Å². The smallest absolute Gasteiger partial charge is 0.223 e. The number of aromatic nitrogens is 1. The van der Waals surface area contributed by atoms with Crippen molar-refractivity contribution in [2.75, 3.05) is 6.54 Å². The Bertz CT molecular complexity index is 576. The van der Waals surface area contributed by atoms with E-state index >= 15 is 0 Å². The second kappa shape index (κ2) is 4.46. The van der Waals surface area contributed by atoms with Gasteiger partial charge in [0.2, 0.25) is 5.91 Å². The number of β-amino-alcohol motifs (C(OH)–C–C–N with tert-alkyl or cyclic N) is 1. The Morgan fingerprint density at radius 2 is 2.17 bits per heavy atom. The van der Waals surface area contributed by atoms with Gasteiger partial charge in [-0.15, -0.1) is 0 Å². The fourth-order valence-electron chi connectivity index (χ4n) is 2.62. The van der Waals surface area contributed by atoms with Crippen molar-refractivity contribution in [3.8, 4) is 0 Å². The normalized spacial score (nSPS) is 24.2. The van der Waals surface area contributed by atoms with E-state index in [1.54, 1.807) is 0 Å². The summed E-state index contributed by atoms with van der Waals surface area (Å²) in [5, 5.41) is 13.5. The number of piperidine rings is 1. The number of carbonyl (C=O) groups is 1. The molecule has 1 fully saturated rings. The third-order valence-electron chi connectivity index (χ3n) is 3.58. The summed E-state index contributed by atoms with van der Waals surface area (Å²) < 4.78 is 0. The van der Waals surface area contributed by atoms with E-state index in [-0.39, 0.29) is 11.8 Å². The molecule has 1 aliphatic rings. The van der Waals surface area contributed by atoms with Gasteiger partial charge in [-0.1, -0.05) is 18.2 Å². The minimum Gasteiger partial charge on any atom is -0.391 e. The van der Waals surface area contributed by atoms with Crippen molar-refractivity contribution in [3.63, 3.8) is 0 Å². The van der Waals surface area contributed by atoms with Gasteiger partial charge in [0.25, 0.3) is 0 Å². The van der Waals surface area contributed by atoms with Gasteiger partial charge in [0.1, 0.15) is 0 Å². The predicted molar refractivity (Wildman–Crippen MR) is 69.1 cm³/mol. The molecule has 1 saturated heterocycles. The van der Waals surface area contributed by atoms with Crippen LogP contribution in [0.4, 0.5) is 0 Å². The van der Waals surface area contributed by atoms with E-state index in [9.17, 15) is 9.90 Å². The maximum atomic E-state index is 11.8. The van der Waals surface area contributed by atoms with Crippen LogP contribution in [0.5, 0.6) is 0 Å². The number of benzene rings is 1. The van der Waals surface area contributed by atoms with Crippen molar-refractivity contribution >= 4 is 16.8 Å². The van der Waals surface area contributed by atoms with Gasteiger partial charge in [0.05, 0.1) is 6.10 Å². The fraction of sp³-hybridized carbons (Fsp3) is 0.357. The van der Waals surface area contributed by atoms with E-state index in [0.717, 1.165) is 16.5 Å². The van der Waals surface area contributed by atoms with Gasteiger partial charge in [0.15, 0.2) is 0 Å². The lowest BCUT2D eigenvalue weighted by atomic mass is 9.90. The highest BCUT2D eigenvalue weighted by Crippen LogP contribution is 2.24. The standard InChI is InChI=1S/C14H16N2O2/c17-11-6-9(14(18)16-8-11)5-10-7-15-13-4-2-1-3-12(10)13/h1-4,7,9,11,15,17H,5-6,8H2,(H,16,18)/t9-,11-/m0/s1. The Hall–Kier alpha value is -1.81. The molecule has 0 saturated carbocycles. The number of nitrogens with one attached hydrogen (secondary N) is 2. The Labute approximate surface area is 105 Å². The number of amides is 1. The summed E-state index contributed by atoms with van der Waals surface area (Å²) >= 11 is 0. The number of H-pyrrole nitrogens is 1. The second-order valence-electron chi connectivity index (χ2n) is 4.90. The lowest BCUT2D eigenvalue weighted by Crippen LogP contribution is -2.44. The van der Waals surface area contributed by atoms with Crippen LogP contribution in [0, 0.1) is 5.92 Å². The molecule has 0 spiro atoms. The summed E-state index contributed by atoms with van der Waals surface area (Å²) in [5.74, 6) is -0.0847. The van der Waals surface area contributed by atoms with Gasteiger partial charge in [0, 0.05) is 29.6 Å². The molecule has 0 aliphatic carbocycles. The SMILES string of the molecule is O=C1NC[C@@H](O)C[C@@H]1Cc1c[nH]c2ccccc12. The first kappa shape index (κ1) is 11.3. The molecule has 0 unspecified atom stereocenters. The zero-order valence-corrected chi connectivity index (χ0v) is 10.0. The van der Waals surface area contributed by atoms with E-state index in [0.29, 0.717) is 19.4 Å². The van der Waals surface area contributed by atoms with Gasteiger partial charge in [-0.25, -0.2) is 0 Å². The topological polar surface area (TPSA) is 65.1 Å². The number of aliphatic hydroxyl groups is 1. The predicted octanol–water partition coefficient (Wildman–Crippen LogP) is 1.21. The van der Waals surface area contributed by atoms with Crippen molar-refractivity contribution in [1.82, 2.24) is 10.3 Å². The van der Waals surface area contributed by atoms with E-state index in [1.807, 2.05) is 24.4 Å². The number of fused-ring (bicyclic) bond motifs is 1. The number of aromatic amines is 1. The molecule has 1 aromatic carbocycles. The van der Waals surface area contributed by atoms with Crippen molar-refractivity contribution in [3.05, 3.63) is 36.0 Å². The van der Waals surface area contributed by atoms with E-state index < -0.39 is 6.10 Å². The molecule has 94 valence electrons. The van der Waals surface area contributed by atoms with Crippen LogP contribution < -0.4 is 5.32 Å². The lowest BCUT2D eigenvalue weighted by molar-refractivity contribution is -0.128. The number of hydrogen-bond acceptors (Lipinski definition) is 2. The number of rotatable bonds is 2. The average molecular weight is 244 g/mol. The lowest BCUT2D eigenvalue weighted by Gasteiger charge is -2.25. The average Bonchev–Trinajstić information content (AvgIpc) is 2.78. The monoisotopic (exact) mass is 244 g/mol. The maximum Gasteiger partial charge on any atom is 0.223 e. The van der Waals surface area contributed by atoms with Crippen LogP contribution in [0.1, 0.15) is 12.0 Å². The summed E-state index contributed by atoms with van der Waals surface area (Å²) in [5.41, 5.74) is 2.23. The first-order valence-corrected chi connectivity index (χ1v) is 6.25. The van der Waals surface area contributed by atoms with Crippen LogP contribution in [0.15, 0.2) is 30.5 Å². The minimum absolute atomic E-state index is 0.0468. The fourth-order valence-corrected chi connectivity index (χ4v) is 2.62. The van der Waals surface area contributed by atoms with Crippen LogP contribution in [0.2, 0.25) is 0 Å². The highest BCUT2D eigenvalue weighted by molar-refractivity contribution is 5.85. The molecule has 3 rings (SSSR count). The molecule has 1 aliphatic heterocycles. The zero-order chi connectivity index (χ0) is 12.5. The van der Waals surface area contributed by atoms with Crippen LogP contribution >= 0.6 is 0 Å². The van der Waals surface area contributed by atoms with Gasteiger partial charge in [-0.05, 0) is 24.5 Å². The van der Waals surface area contributed by atoms with Crippen molar-refractivity contribution in [2.24, 2.45) is 5.92 Å². The molecule has 18 heavy (non-hydrogen) atoms. The van der Waals surface area contributed by atoms with Gasteiger partial charge < -0.3 is 15.4 Å². The molecule has 3 N–H and O–H groups in total. The highest BCUT2D eigenvalue weighted by atomic mass is 16.3. The Kier molecular flexibility index (Phi) is 2.80. The third kappa shape index (κ3) is 1.99. The summed E-state index contributed by atoms with van der Waals surface area (Å²) in [4.78, 5) is 15.0. The van der Waals surface area contributed by atoms with E-state index in [1.165, 1.54) is 0 Å². The first-order valence-electron chi connectivity index (χ1n) is 6.25. The second-order valence-corrected chi connectivity index (χ2v) is 4.90. The van der Waals surface area contributed by atoms with Crippen molar-refractivity contribution in [2.45, 2.75) is 18.9 Å². The van der Waals surface area contributed by atoms with E-state index in [4.69, 9.17) is 0 Å². The van der Waals surface area contributed by atoms with E-state index in [2.05, 4.69) is 16.4 Å². The Morgan fingerprint density at radius 3 is 3.06 bits per heavy atom.